The maximum absolute atomic E-state index is 12.2. The van der Waals surface area contributed by atoms with Gasteiger partial charge in [0.1, 0.15) is 6.10 Å². The van der Waals surface area contributed by atoms with E-state index in [9.17, 15) is 25.1 Å². The minimum Gasteiger partial charge on any atom is -0.394 e. The molecule has 1 rings (SSSR count). The molecule has 1 amide bonds. The summed E-state index contributed by atoms with van der Waals surface area (Å²) in [5.41, 5.74) is 0.335. The van der Waals surface area contributed by atoms with Crippen LogP contribution < -0.4 is 5.32 Å². The summed E-state index contributed by atoms with van der Waals surface area (Å²) in [6, 6.07) is 4.61. The maximum Gasteiger partial charge on any atom is 0.269 e. The van der Waals surface area contributed by atoms with Crippen molar-refractivity contribution >= 4 is 27.5 Å². The van der Waals surface area contributed by atoms with Crippen molar-refractivity contribution in [1.82, 2.24) is 5.32 Å². The second-order valence-electron chi connectivity index (χ2n) is 8.69. The van der Waals surface area contributed by atoms with Gasteiger partial charge in [-0.15, -0.1) is 0 Å². The SMILES string of the molecule is O=C(CCCCCCCCCCCCCCCBr)NC(CO)C(O)c1ccc([N+](=O)[O-])cc1. The Morgan fingerprint density at radius 1 is 0.879 bits per heavy atom. The molecule has 0 aliphatic heterocycles. The van der Waals surface area contributed by atoms with Gasteiger partial charge in [0.05, 0.1) is 17.6 Å². The van der Waals surface area contributed by atoms with Crippen LogP contribution in [0.5, 0.6) is 0 Å². The number of nitrogens with zero attached hydrogens (tertiary/aromatic N) is 1. The molecule has 8 heteroatoms. The molecule has 0 saturated heterocycles. The van der Waals surface area contributed by atoms with Gasteiger partial charge in [0.25, 0.3) is 5.69 Å². The number of hydrogen-bond donors (Lipinski definition) is 3. The fourth-order valence-electron chi connectivity index (χ4n) is 3.85. The summed E-state index contributed by atoms with van der Waals surface area (Å²) in [5, 5.41) is 34.5. The molecule has 2 unspecified atom stereocenters. The van der Waals surface area contributed by atoms with E-state index >= 15 is 0 Å². The number of hydrogen-bond acceptors (Lipinski definition) is 5. The molecule has 7 nitrogen and oxygen atoms in total. The average Bonchev–Trinajstić information content (AvgIpc) is 2.82. The molecule has 0 aromatic heterocycles. The van der Waals surface area contributed by atoms with E-state index in [1.165, 1.54) is 88.5 Å². The Hall–Kier alpha value is -1.51. The third kappa shape index (κ3) is 13.7. The van der Waals surface area contributed by atoms with Crippen LogP contribution in [0, 0.1) is 10.1 Å². The van der Waals surface area contributed by atoms with Crippen LogP contribution in [-0.2, 0) is 4.79 Å². The Morgan fingerprint density at radius 3 is 1.76 bits per heavy atom. The molecule has 0 aliphatic rings. The van der Waals surface area contributed by atoms with Crippen LogP contribution in [0.25, 0.3) is 0 Å². The Balaban J connectivity index is 2.09. The summed E-state index contributed by atoms with van der Waals surface area (Å²) in [7, 11) is 0. The maximum atomic E-state index is 12.2. The first-order chi connectivity index (χ1) is 16.0. The predicted molar refractivity (Wildman–Crippen MR) is 136 cm³/mol. The quantitative estimate of drug-likeness (QED) is 0.0835. The van der Waals surface area contributed by atoms with E-state index in [2.05, 4.69) is 21.2 Å². The number of alkyl halides is 1. The number of halogens is 1. The summed E-state index contributed by atoms with van der Waals surface area (Å²) < 4.78 is 0. The summed E-state index contributed by atoms with van der Waals surface area (Å²) >= 11 is 3.47. The zero-order chi connectivity index (χ0) is 24.3. The number of nitro groups is 1. The number of aliphatic hydroxyl groups excluding tert-OH is 2. The highest BCUT2D eigenvalue weighted by molar-refractivity contribution is 9.09. The van der Waals surface area contributed by atoms with Crippen LogP contribution >= 0.6 is 15.9 Å². The second-order valence-corrected chi connectivity index (χ2v) is 9.48. The number of unbranched alkanes of at least 4 members (excludes halogenated alkanes) is 12. The monoisotopic (exact) mass is 528 g/mol. The molecule has 0 bridgehead atoms. The minimum atomic E-state index is -1.13. The summed E-state index contributed by atoms with van der Waals surface area (Å²) in [4.78, 5) is 22.4. The van der Waals surface area contributed by atoms with Crippen molar-refractivity contribution in [3.63, 3.8) is 0 Å². The lowest BCUT2D eigenvalue weighted by Crippen LogP contribution is -2.41. The van der Waals surface area contributed by atoms with E-state index in [0.29, 0.717) is 12.0 Å². The van der Waals surface area contributed by atoms with Gasteiger partial charge in [-0.2, -0.15) is 0 Å². The minimum absolute atomic E-state index is 0.0769. The van der Waals surface area contributed by atoms with Crippen LogP contribution in [0.3, 0.4) is 0 Å². The van der Waals surface area contributed by atoms with Crippen LogP contribution in [-0.4, -0.2) is 39.0 Å². The average molecular weight is 530 g/mol. The highest BCUT2D eigenvalue weighted by atomic mass is 79.9. The van der Waals surface area contributed by atoms with Gasteiger partial charge >= 0.3 is 0 Å². The Bertz CT molecular complexity index is 657. The second kappa shape index (κ2) is 18.9. The zero-order valence-corrected chi connectivity index (χ0v) is 21.3. The number of benzene rings is 1. The normalized spacial score (nSPS) is 12.9. The van der Waals surface area contributed by atoms with Gasteiger partial charge in [-0.1, -0.05) is 86.6 Å². The number of carbonyl (C=O) groups excluding carboxylic acids is 1. The van der Waals surface area contributed by atoms with E-state index in [0.717, 1.165) is 24.6 Å². The molecule has 1 aromatic rings. The molecule has 0 saturated carbocycles. The van der Waals surface area contributed by atoms with E-state index < -0.39 is 23.7 Å². The molecular formula is C25H41BrN2O5. The highest BCUT2D eigenvalue weighted by Gasteiger charge is 2.22. The standard InChI is InChI=1S/C25H41BrN2O5/c26-19-13-11-9-7-5-3-1-2-4-6-8-10-12-14-24(30)27-23(20-29)25(31)21-15-17-22(18-16-21)28(32)33/h15-18,23,25,29,31H,1-14,19-20H2,(H,27,30). The Kier molecular flexibility index (Phi) is 16.9. The van der Waals surface area contributed by atoms with Crippen molar-refractivity contribution in [1.29, 1.82) is 0 Å². The van der Waals surface area contributed by atoms with Crippen molar-refractivity contribution in [2.24, 2.45) is 0 Å². The number of non-ortho nitro benzene ring substituents is 1. The number of amides is 1. The summed E-state index contributed by atoms with van der Waals surface area (Å²) in [5.74, 6) is -0.203. The first kappa shape index (κ1) is 29.5. The number of rotatable bonds is 20. The highest BCUT2D eigenvalue weighted by Crippen LogP contribution is 2.21. The molecule has 0 spiro atoms. The third-order valence-electron chi connectivity index (χ3n) is 5.91. The lowest BCUT2D eigenvalue weighted by molar-refractivity contribution is -0.384. The first-order valence-corrected chi connectivity index (χ1v) is 13.5. The van der Waals surface area contributed by atoms with Crippen LogP contribution in [0.2, 0.25) is 0 Å². The zero-order valence-electron chi connectivity index (χ0n) is 19.7. The number of aliphatic hydroxyl groups is 2. The van der Waals surface area contributed by atoms with Crippen molar-refractivity contribution < 1.29 is 19.9 Å². The lowest BCUT2D eigenvalue weighted by atomic mass is 10.0. The molecule has 33 heavy (non-hydrogen) atoms. The predicted octanol–water partition coefficient (Wildman–Crippen LogP) is 5.96. The molecule has 0 aliphatic carbocycles. The van der Waals surface area contributed by atoms with Crippen LogP contribution in [0.4, 0.5) is 5.69 Å². The summed E-state index contributed by atoms with van der Waals surface area (Å²) in [6.45, 7) is -0.416. The third-order valence-corrected chi connectivity index (χ3v) is 6.47. The van der Waals surface area contributed by atoms with E-state index in [-0.39, 0.29) is 11.6 Å². The van der Waals surface area contributed by atoms with Crippen molar-refractivity contribution in [3.05, 3.63) is 39.9 Å². The van der Waals surface area contributed by atoms with Gasteiger partial charge in [-0.3, -0.25) is 14.9 Å². The molecule has 1 aromatic carbocycles. The van der Waals surface area contributed by atoms with Gasteiger partial charge in [-0.25, -0.2) is 0 Å². The van der Waals surface area contributed by atoms with Gasteiger partial charge in [-0.05, 0) is 30.5 Å². The number of nitrogens with one attached hydrogen (secondary N) is 1. The fraction of sp³-hybridized carbons (Fsp3) is 0.720. The summed E-state index contributed by atoms with van der Waals surface area (Å²) in [6.07, 6.45) is 15.2. The van der Waals surface area contributed by atoms with E-state index in [1.807, 2.05) is 0 Å². The molecule has 0 heterocycles. The number of carbonyl (C=O) groups is 1. The van der Waals surface area contributed by atoms with Gasteiger partial charge in [0, 0.05) is 23.9 Å². The largest absolute Gasteiger partial charge is 0.394 e. The Labute approximate surface area is 206 Å². The topological polar surface area (TPSA) is 113 Å². The lowest BCUT2D eigenvalue weighted by Gasteiger charge is -2.22. The molecule has 188 valence electrons. The van der Waals surface area contributed by atoms with E-state index in [1.54, 1.807) is 0 Å². The molecular weight excluding hydrogens is 488 g/mol. The number of nitro benzene ring substituents is 1. The Morgan fingerprint density at radius 2 is 1.33 bits per heavy atom. The first-order valence-electron chi connectivity index (χ1n) is 12.4. The van der Waals surface area contributed by atoms with Crippen molar-refractivity contribution in [2.75, 3.05) is 11.9 Å². The van der Waals surface area contributed by atoms with Gasteiger partial charge < -0.3 is 15.5 Å². The van der Waals surface area contributed by atoms with Gasteiger partial charge in [0.15, 0.2) is 0 Å². The van der Waals surface area contributed by atoms with Crippen molar-refractivity contribution in [3.8, 4) is 0 Å². The molecule has 2 atom stereocenters. The van der Waals surface area contributed by atoms with Crippen molar-refractivity contribution in [2.45, 2.75) is 102 Å². The molecule has 0 fully saturated rings. The van der Waals surface area contributed by atoms with Gasteiger partial charge in [0.2, 0.25) is 5.91 Å². The van der Waals surface area contributed by atoms with E-state index in [4.69, 9.17) is 0 Å². The van der Waals surface area contributed by atoms with Crippen LogP contribution in [0.15, 0.2) is 24.3 Å². The van der Waals surface area contributed by atoms with Crippen LogP contribution in [0.1, 0.15) is 102 Å². The molecule has 3 N–H and O–H groups in total. The molecule has 0 radical (unpaired) electrons. The smallest absolute Gasteiger partial charge is 0.269 e. The fourth-order valence-corrected chi connectivity index (χ4v) is 4.25.